The van der Waals surface area contributed by atoms with Gasteiger partial charge >= 0.3 is 7.12 Å². The molecule has 1 aromatic carbocycles. The molecule has 5 heteroatoms. The average molecular weight is 291 g/mol. The Morgan fingerprint density at radius 2 is 2.00 bits per heavy atom. The van der Waals surface area contributed by atoms with E-state index in [1.165, 1.54) is 12.8 Å². The summed E-state index contributed by atoms with van der Waals surface area (Å²) in [5, 5.41) is 18.3. The number of likely N-dealkylation sites (tertiary alicyclic amines) is 1. The zero-order valence-corrected chi connectivity index (χ0v) is 13.0. The Morgan fingerprint density at radius 3 is 2.62 bits per heavy atom. The normalized spacial score (nSPS) is 17.2. The van der Waals surface area contributed by atoms with Crippen molar-refractivity contribution in [1.82, 2.24) is 4.90 Å². The van der Waals surface area contributed by atoms with E-state index in [-0.39, 0.29) is 0 Å². The van der Waals surface area contributed by atoms with Crippen LogP contribution in [0.1, 0.15) is 26.7 Å². The largest absolute Gasteiger partial charge is 0.492 e. The summed E-state index contributed by atoms with van der Waals surface area (Å²) in [5.74, 6) is 2.35. The first-order valence-corrected chi connectivity index (χ1v) is 7.87. The van der Waals surface area contributed by atoms with E-state index >= 15 is 0 Å². The summed E-state index contributed by atoms with van der Waals surface area (Å²) >= 11 is 0. The van der Waals surface area contributed by atoms with E-state index in [0.29, 0.717) is 17.8 Å². The van der Waals surface area contributed by atoms with Crippen molar-refractivity contribution in [3.8, 4) is 5.75 Å². The highest BCUT2D eigenvalue weighted by Crippen LogP contribution is 2.24. The number of nitrogens with zero attached hydrogens (tertiary/aromatic N) is 1. The molecule has 0 aromatic heterocycles. The zero-order valence-electron chi connectivity index (χ0n) is 13.0. The smallest absolute Gasteiger partial charge is 0.488 e. The minimum Gasteiger partial charge on any atom is -0.492 e. The van der Waals surface area contributed by atoms with Crippen molar-refractivity contribution in [3.63, 3.8) is 0 Å². The highest BCUT2D eigenvalue weighted by molar-refractivity contribution is 6.58. The molecule has 0 radical (unpaired) electrons. The third-order valence-corrected chi connectivity index (χ3v) is 4.41. The van der Waals surface area contributed by atoms with E-state index in [9.17, 15) is 0 Å². The molecular weight excluding hydrogens is 265 g/mol. The first kappa shape index (κ1) is 16.3. The molecule has 0 unspecified atom stereocenters. The summed E-state index contributed by atoms with van der Waals surface area (Å²) < 4.78 is 5.71. The van der Waals surface area contributed by atoms with Crippen LogP contribution in [0, 0.1) is 11.8 Å². The maximum atomic E-state index is 9.14. The van der Waals surface area contributed by atoms with Gasteiger partial charge in [0.15, 0.2) is 0 Å². The summed E-state index contributed by atoms with van der Waals surface area (Å²) in [6.45, 7) is 8.50. The van der Waals surface area contributed by atoms with Crippen molar-refractivity contribution in [3.05, 3.63) is 24.3 Å². The molecule has 0 aliphatic carbocycles. The topological polar surface area (TPSA) is 52.9 Å². The SMILES string of the molecule is CC(C)C1CCN(CCOc2cccc(B(O)O)c2)CC1. The standard InChI is InChI=1S/C16H26BNO3/c1-13(2)14-6-8-18(9-7-14)10-11-21-16-5-3-4-15(12-16)17(19)20/h3-5,12-14,19-20H,6-11H2,1-2H3. The summed E-state index contributed by atoms with van der Waals surface area (Å²) in [4.78, 5) is 2.45. The lowest BCUT2D eigenvalue weighted by Gasteiger charge is -2.33. The van der Waals surface area contributed by atoms with Crippen molar-refractivity contribution in [2.75, 3.05) is 26.2 Å². The minimum absolute atomic E-state index is 0.463. The van der Waals surface area contributed by atoms with Crippen LogP contribution in [0.2, 0.25) is 0 Å². The molecule has 1 fully saturated rings. The number of ether oxygens (including phenoxy) is 1. The molecule has 0 spiro atoms. The van der Waals surface area contributed by atoms with Crippen LogP contribution in [0.3, 0.4) is 0 Å². The van der Waals surface area contributed by atoms with Crippen molar-refractivity contribution < 1.29 is 14.8 Å². The molecule has 1 saturated heterocycles. The molecule has 0 saturated carbocycles. The molecule has 4 nitrogen and oxygen atoms in total. The number of piperidine rings is 1. The van der Waals surface area contributed by atoms with E-state index in [0.717, 1.165) is 31.5 Å². The molecule has 1 aliphatic rings. The molecule has 2 rings (SSSR count). The van der Waals surface area contributed by atoms with Gasteiger partial charge in [0.2, 0.25) is 0 Å². The highest BCUT2D eigenvalue weighted by Gasteiger charge is 2.21. The van der Waals surface area contributed by atoms with Gasteiger partial charge in [-0.3, -0.25) is 4.90 Å². The fraction of sp³-hybridized carbons (Fsp3) is 0.625. The second-order valence-electron chi connectivity index (χ2n) is 6.22. The van der Waals surface area contributed by atoms with Gasteiger partial charge in [-0.05, 0) is 55.4 Å². The third-order valence-electron chi connectivity index (χ3n) is 4.41. The van der Waals surface area contributed by atoms with Crippen LogP contribution in [0.5, 0.6) is 5.75 Å². The highest BCUT2D eigenvalue weighted by atomic mass is 16.5. The lowest BCUT2D eigenvalue weighted by molar-refractivity contribution is 0.137. The van der Waals surface area contributed by atoms with Crippen LogP contribution >= 0.6 is 0 Å². The Bertz CT molecular complexity index is 431. The van der Waals surface area contributed by atoms with E-state index < -0.39 is 7.12 Å². The lowest BCUT2D eigenvalue weighted by Crippen LogP contribution is -2.37. The van der Waals surface area contributed by atoms with Gasteiger partial charge < -0.3 is 14.8 Å². The van der Waals surface area contributed by atoms with Crippen molar-refractivity contribution in [1.29, 1.82) is 0 Å². The quantitative estimate of drug-likeness (QED) is 0.771. The first-order chi connectivity index (χ1) is 10.1. The fourth-order valence-electron chi connectivity index (χ4n) is 2.90. The second kappa shape index (κ2) is 7.83. The van der Waals surface area contributed by atoms with Crippen LogP contribution < -0.4 is 10.2 Å². The Hall–Kier alpha value is -1.04. The van der Waals surface area contributed by atoms with Gasteiger partial charge in [-0.1, -0.05) is 26.0 Å². The van der Waals surface area contributed by atoms with Crippen LogP contribution in [-0.2, 0) is 0 Å². The Morgan fingerprint density at radius 1 is 1.29 bits per heavy atom. The monoisotopic (exact) mass is 291 g/mol. The molecule has 21 heavy (non-hydrogen) atoms. The molecule has 0 atom stereocenters. The van der Waals surface area contributed by atoms with Crippen LogP contribution in [0.25, 0.3) is 0 Å². The van der Waals surface area contributed by atoms with Gasteiger partial charge in [0.05, 0.1) is 0 Å². The molecule has 2 N–H and O–H groups in total. The zero-order chi connectivity index (χ0) is 15.2. The van der Waals surface area contributed by atoms with Gasteiger partial charge in [-0.25, -0.2) is 0 Å². The molecule has 1 aromatic rings. The summed E-state index contributed by atoms with van der Waals surface area (Å²) in [6.07, 6.45) is 2.56. The number of hydrogen-bond donors (Lipinski definition) is 2. The summed E-state index contributed by atoms with van der Waals surface area (Å²) in [6, 6.07) is 6.97. The Kier molecular flexibility index (Phi) is 6.09. The minimum atomic E-state index is -1.44. The lowest BCUT2D eigenvalue weighted by atomic mass is 9.80. The third kappa shape index (κ3) is 5.02. The van der Waals surface area contributed by atoms with Crippen molar-refractivity contribution in [2.45, 2.75) is 26.7 Å². The van der Waals surface area contributed by atoms with Gasteiger partial charge in [-0.15, -0.1) is 0 Å². The van der Waals surface area contributed by atoms with E-state index in [1.807, 2.05) is 6.07 Å². The molecule has 1 aliphatic heterocycles. The molecular formula is C16H26BNO3. The molecule has 0 amide bonds. The van der Waals surface area contributed by atoms with Gasteiger partial charge in [0.25, 0.3) is 0 Å². The van der Waals surface area contributed by atoms with E-state index in [1.54, 1.807) is 18.2 Å². The van der Waals surface area contributed by atoms with Crippen molar-refractivity contribution >= 4 is 12.6 Å². The maximum absolute atomic E-state index is 9.14. The van der Waals surface area contributed by atoms with Gasteiger partial charge in [0.1, 0.15) is 12.4 Å². The number of rotatable bonds is 6. The van der Waals surface area contributed by atoms with Crippen LogP contribution in [0.15, 0.2) is 24.3 Å². The molecule has 0 bridgehead atoms. The Labute approximate surface area is 127 Å². The van der Waals surface area contributed by atoms with E-state index in [4.69, 9.17) is 14.8 Å². The fourth-order valence-corrected chi connectivity index (χ4v) is 2.90. The van der Waals surface area contributed by atoms with Crippen LogP contribution in [0.4, 0.5) is 0 Å². The van der Waals surface area contributed by atoms with Gasteiger partial charge in [-0.2, -0.15) is 0 Å². The Balaban J connectivity index is 1.71. The second-order valence-corrected chi connectivity index (χ2v) is 6.22. The first-order valence-electron chi connectivity index (χ1n) is 7.87. The predicted octanol–water partition coefficient (Wildman–Crippen LogP) is 1.11. The predicted molar refractivity (Wildman–Crippen MR) is 85.8 cm³/mol. The van der Waals surface area contributed by atoms with Crippen LogP contribution in [-0.4, -0.2) is 48.3 Å². The summed E-state index contributed by atoms with van der Waals surface area (Å²) in [7, 11) is -1.44. The van der Waals surface area contributed by atoms with E-state index in [2.05, 4.69) is 18.7 Å². The number of hydrogen-bond acceptors (Lipinski definition) is 4. The van der Waals surface area contributed by atoms with Gasteiger partial charge in [0, 0.05) is 6.54 Å². The molecule has 116 valence electrons. The average Bonchev–Trinajstić information content (AvgIpc) is 2.48. The number of benzene rings is 1. The molecule has 1 heterocycles. The van der Waals surface area contributed by atoms with Crippen molar-refractivity contribution in [2.24, 2.45) is 11.8 Å². The maximum Gasteiger partial charge on any atom is 0.488 e. The summed E-state index contributed by atoms with van der Waals surface area (Å²) in [5.41, 5.74) is 0.463.